The van der Waals surface area contributed by atoms with Crippen LogP contribution in [0.4, 0.5) is 20.2 Å². The lowest BCUT2D eigenvalue weighted by molar-refractivity contribution is -0.387. The van der Waals surface area contributed by atoms with Crippen LogP contribution in [-0.2, 0) is 6.54 Å². The molecule has 0 spiro atoms. The summed E-state index contributed by atoms with van der Waals surface area (Å²) in [7, 11) is 0. The summed E-state index contributed by atoms with van der Waals surface area (Å²) < 4.78 is 26.8. The third-order valence-electron chi connectivity index (χ3n) is 2.79. The number of hydrogen-bond donors (Lipinski definition) is 1. The fourth-order valence-corrected chi connectivity index (χ4v) is 1.75. The molecule has 0 aliphatic carbocycles. The molecule has 0 aliphatic heterocycles. The second-order valence-corrected chi connectivity index (χ2v) is 4.20. The van der Waals surface area contributed by atoms with Crippen LogP contribution in [0.2, 0.25) is 0 Å². The SMILES string of the molecule is N#Cc1cccc(NCc2cc([N+](=O)[O-])c(F)cc2F)c1. The quantitative estimate of drug-likeness (QED) is 0.691. The standard InChI is InChI=1S/C14H9F2N3O2/c15-12-6-13(16)14(19(20)21)5-10(12)8-18-11-3-1-2-9(4-11)7-17/h1-6,18H,8H2. The molecule has 0 aliphatic rings. The van der Waals surface area contributed by atoms with Crippen molar-refractivity contribution in [2.24, 2.45) is 0 Å². The van der Waals surface area contributed by atoms with Gasteiger partial charge in [0.2, 0.25) is 5.82 Å². The molecule has 0 aromatic heterocycles. The number of halogens is 2. The number of nitriles is 1. The summed E-state index contributed by atoms with van der Waals surface area (Å²) >= 11 is 0. The summed E-state index contributed by atoms with van der Waals surface area (Å²) in [6.45, 7) is -0.0676. The van der Waals surface area contributed by atoms with Gasteiger partial charge in [-0.1, -0.05) is 6.07 Å². The van der Waals surface area contributed by atoms with Crippen LogP contribution < -0.4 is 5.32 Å². The highest BCUT2D eigenvalue weighted by Crippen LogP contribution is 2.22. The van der Waals surface area contributed by atoms with Crippen molar-refractivity contribution in [3.8, 4) is 6.07 Å². The minimum Gasteiger partial charge on any atom is -0.381 e. The van der Waals surface area contributed by atoms with Crippen LogP contribution >= 0.6 is 0 Å². The van der Waals surface area contributed by atoms with Gasteiger partial charge in [0.05, 0.1) is 16.6 Å². The Kier molecular flexibility index (Phi) is 4.09. The maximum atomic E-state index is 13.6. The number of benzene rings is 2. The van der Waals surface area contributed by atoms with Crippen molar-refractivity contribution in [1.29, 1.82) is 5.26 Å². The summed E-state index contributed by atoms with van der Waals surface area (Å²) in [5.41, 5.74) is 0.162. The highest BCUT2D eigenvalue weighted by molar-refractivity contribution is 5.50. The fourth-order valence-electron chi connectivity index (χ4n) is 1.75. The molecule has 2 rings (SSSR count). The van der Waals surface area contributed by atoms with Gasteiger partial charge in [-0.05, 0) is 18.2 Å². The maximum Gasteiger partial charge on any atom is 0.305 e. The van der Waals surface area contributed by atoms with Gasteiger partial charge in [0.15, 0.2) is 0 Å². The topological polar surface area (TPSA) is 79.0 Å². The summed E-state index contributed by atoms with van der Waals surface area (Å²) in [6, 6.07) is 9.76. The highest BCUT2D eigenvalue weighted by atomic mass is 19.1. The fraction of sp³-hybridized carbons (Fsp3) is 0.0714. The van der Waals surface area contributed by atoms with Gasteiger partial charge in [-0.2, -0.15) is 9.65 Å². The number of nitro groups is 1. The van der Waals surface area contributed by atoms with E-state index in [1.54, 1.807) is 24.3 Å². The zero-order valence-corrected chi connectivity index (χ0v) is 10.6. The van der Waals surface area contributed by atoms with Gasteiger partial charge in [-0.3, -0.25) is 10.1 Å². The third kappa shape index (κ3) is 3.30. The van der Waals surface area contributed by atoms with Crippen molar-refractivity contribution < 1.29 is 13.7 Å². The molecular formula is C14H9F2N3O2. The molecule has 0 radical (unpaired) electrons. The van der Waals surface area contributed by atoms with Crippen LogP contribution in [0.25, 0.3) is 0 Å². The molecule has 21 heavy (non-hydrogen) atoms. The van der Waals surface area contributed by atoms with Crippen LogP contribution in [0, 0.1) is 33.1 Å². The van der Waals surface area contributed by atoms with E-state index in [9.17, 15) is 18.9 Å². The van der Waals surface area contributed by atoms with E-state index in [4.69, 9.17) is 5.26 Å². The van der Waals surface area contributed by atoms with E-state index < -0.39 is 22.2 Å². The van der Waals surface area contributed by atoms with E-state index in [0.717, 1.165) is 6.07 Å². The monoisotopic (exact) mass is 289 g/mol. The Morgan fingerprint density at radius 3 is 2.67 bits per heavy atom. The number of rotatable bonds is 4. The molecule has 0 amide bonds. The predicted molar refractivity (Wildman–Crippen MR) is 71.5 cm³/mol. The molecule has 5 nitrogen and oxygen atoms in total. The summed E-state index contributed by atoms with van der Waals surface area (Å²) in [5, 5.41) is 22.2. The second kappa shape index (κ2) is 5.96. The van der Waals surface area contributed by atoms with E-state index in [-0.39, 0.29) is 12.1 Å². The Balaban J connectivity index is 2.22. The summed E-state index contributed by atoms with van der Waals surface area (Å²) in [6.07, 6.45) is 0. The van der Waals surface area contributed by atoms with Gasteiger partial charge in [0.25, 0.3) is 0 Å². The van der Waals surface area contributed by atoms with E-state index in [1.165, 1.54) is 0 Å². The van der Waals surface area contributed by atoms with E-state index in [2.05, 4.69) is 5.32 Å². The smallest absolute Gasteiger partial charge is 0.305 e. The lowest BCUT2D eigenvalue weighted by Gasteiger charge is -2.08. The lowest BCUT2D eigenvalue weighted by atomic mass is 10.1. The van der Waals surface area contributed by atoms with E-state index >= 15 is 0 Å². The number of anilines is 1. The Labute approximate surface area is 118 Å². The van der Waals surface area contributed by atoms with E-state index in [0.29, 0.717) is 17.3 Å². The lowest BCUT2D eigenvalue weighted by Crippen LogP contribution is -2.04. The Hall–Kier alpha value is -3.01. The Bertz CT molecular complexity index is 741. The van der Waals surface area contributed by atoms with Gasteiger partial charge in [-0.25, -0.2) is 4.39 Å². The van der Waals surface area contributed by atoms with Crippen LogP contribution in [-0.4, -0.2) is 4.92 Å². The largest absolute Gasteiger partial charge is 0.381 e. The van der Waals surface area contributed by atoms with E-state index in [1.807, 2.05) is 6.07 Å². The molecule has 0 unspecified atom stereocenters. The average Bonchev–Trinajstić information content (AvgIpc) is 2.46. The van der Waals surface area contributed by atoms with Gasteiger partial charge >= 0.3 is 5.69 Å². The average molecular weight is 289 g/mol. The molecule has 7 heteroatoms. The van der Waals surface area contributed by atoms with Gasteiger partial charge in [0, 0.05) is 29.9 Å². The normalized spacial score (nSPS) is 9.95. The molecule has 0 bridgehead atoms. The third-order valence-corrected chi connectivity index (χ3v) is 2.79. The maximum absolute atomic E-state index is 13.6. The van der Waals surface area contributed by atoms with Gasteiger partial charge < -0.3 is 5.32 Å². The summed E-state index contributed by atoms with van der Waals surface area (Å²) in [4.78, 5) is 9.72. The number of nitrogens with one attached hydrogen (secondary N) is 1. The molecule has 2 aromatic carbocycles. The van der Waals surface area contributed by atoms with Crippen molar-refractivity contribution in [1.82, 2.24) is 0 Å². The Morgan fingerprint density at radius 1 is 1.24 bits per heavy atom. The molecule has 2 aromatic rings. The van der Waals surface area contributed by atoms with Gasteiger partial charge in [-0.15, -0.1) is 0 Å². The molecule has 1 N–H and O–H groups in total. The van der Waals surface area contributed by atoms with Crippen molar-refractivity contribution in [2.75, 3.05) is 5.32 Å². The van der Waals surface area contributed by atoms with Crippen LogP contribution in [0.15, 0.2) is 36.4 Å². The molecular weight excluding hydrogens is 280 g/mol. The Morgan fingerprint density at radius 2 is 2.00 bits per heavy atom. The first-order valence-corrected chi connectivity index (χ1v) is 5.87. The molecule has 106 valence electrons. The molecule has 0 fully saturated rings. The molecule has 0 atom stereocenters. The van der Waals surface area contributed by atoms with Crippen LogP contribution in [0.3, 0.4) is 0 Å². The summed E-state index contributed by atoms with van der Waals surface area (Å²) in [5.74, 6) is -2.09. The molecule has 0 saturated heterocycles. The second-order valence-electron chi connectivity index (χ2n) is 4.20. The number of nitrogens with zero attached hydrogens (tertiary/aromatic N) is 2. The number of hydrogen-bond acceptors (Lipinski definition) is 4. The minimum absolute atomic E-state index is 0.0366. The van der Waals surface area contributed by atoms with Crippen molar-refractivity contribution in [3.63, 3.8) is 0 Å². The predicted octanol–water partition coefficient (Wildman–Crippen LogP) is 3.36. The van der Waals surface area contributed by atoms with Gasteiger partial charge in [0.1, 0.15) is 5.82 Å². The molecule has 0 saturated carbocycles. The van der Waals surface area contributed by atoms with Crippen LogP contribution in [0.1, 0.15) is 11.1 Å². The highest BCUT2D eigenvalue weighted by Gasteiger charge is 2.18. The first-order valence-electron chi connectivity index (χ1n) is 5.87. The molecule has 0 heterocycles. The van der Waals surface area contributed by atoms with Crippen molar-refractivity contribution in [3.05, 3.63) is 69.3 Å². The van der Waals surface area contributed by atoms with Crippen molar-refractivity contribution >= 4 is 11.4 Å². The first-order chi connectivity index (χ1) is 10.0. The minimum atomic E-state index is -1.22. The zero-order chi connectivity index (χ0) is 15.4. The zero-order valence-electron chi connectivity index (χ0n) is 10.6. The number of nitro benzene ring substituents is 1. The van der Waals surface area contributed by atoms with Crippen molar-refractivity contribution in [2.45, 2.75) is 6.54 Å². The first kappa shape index (κ1) is 14.4. The van der Waals surface area contributed by atoms with Crippen LogP contribution in [0.5, 0.6) is 0 Å².